The van der Waals surface area contributed by atoms with E-state index in [4.69, 9.17) is 18.6 Å². The molecule has 0 aliphatic carbocycles. The molecule has 10 nitrogen and oxygen atoms in total. The Morgan fingerprint density at radius 1 is 1.05 bits per heavy atom. The van der Waals surface area contributed by atoms with Gasteiger partial charge in [-0.05, 0) is 67.0 Å². The number of fused-ring (bicyclic) bond motifs is 3. The second kappa shape index (κ2) is 10.6. The minimum atomic E-state index is -3.12. The summed E-state index contributed by atoms with van der Waals surface area (Å²) >= 11 is 0. The van der Waals surface area contributed by atoms with Crippen LogP contribution in [0.3, 0.4) is 0 Å². The van der Waals surface area contributed by atoms with Gasteiger partial charge in [0.2, 0.25) is 0 Å². The quantitative estimate of drug-likeness (QED) is 0.238. The molecule has 4 rings (SSSR count). The summed E-state index contributed by atoms with van der Waals surface area (Å²) in [5, 5.41) is 10.2. The number of alkyl halides is 2. The van der Waals surface area contributed by atoms with Crippen LogP contribution in [0, 0.1) is 25.2 Å². The van der Waals surface area contributed by atoms with Gasteiger partial charge in [-0.3, -0.25) is 4.57 Å². The number of pyridine rings is 1. The average molecular weight is 583 g/mol. The topological polar surface area (TPSA) is 120 Å². The molecule has 0 bridgehead atoms. The maximum Gasteiger partial charge on any atom is 0.425 e. The van der Waals surface area contributed by atoms with E-state index in [1.165, 1.54) is 24.0 Å². The number of furan rings is 1. The molecule has 3 aromatic heterocycles. The maximum absolute atomic E-state index is 14.6. The number of carbonyl (C=O) groups is 2. The molecular formula is C30H32F2N4O6. The number of nitriles is 1. The highest BCUT2D eigenvalue weighted by molar-refractivity contribution is 6.16. The zero-order valence-electron chi connectivity index (χ0n) is 24.9. The third-order valence-electron chi connectivity index (χ3n) is 6.21. The number of benzene rings is 1. The summed E-state index contributed by atoms with van der Waals surface area (Å²) in [4.78, 5) is 32.3. The van der Waals surface area contributed by atoms with Gasteiger partial charge in [-0.25, -0.2) is 23.4 Å². The number of hydrogen-bond acceptors (Lipinski definition) is 8. The summed E-state index contributed by atoms with van der Waals surface area (Å²) < 4.78 is 53.0. The highest BCUT2D eigenvalue weighted by atomic mass is 19.3. The van der Waals surface area contributed by atoms with Crippen LogP contribution in [0.2, 0.25) is 0 Å². The minimum Gasteiger partial charge on any atom is -0.496 e. The summed E-state index contributed by atoms with van der Waals surface area (Å²) in [6, 6.07) is 6.80. The molecule has 0 aliphatic rings. The number of aromatic nitrogens is 2. The van der Waals surface area contributed by atoms with Crippen molar-refractivity contribution >= 4 is 40.0 Å². The van der Waals surface area contributed by atoms with Crippen LogP contribution in [0.1, 0.15) is 70.4 Å². The van der Waals surface area contributed by atoms with Gasteiger partial charge >= 0.3 is 12.2 Å². The van der Waals surface area contributed by atoms with Gasteiger partial charge in [0.25, 0.3) is 6.43 Å². The second-order valence-electron chi connectivity index (χ2n) is 11.7. The van der Waals surface area contributed by atoms with E-state index >= 15 is 0 Å². The van der Waals surface area contributed by atoms with Crippen molar-refractivity contribution in [3.8, 4) is 17.5 Å². The number of rotatable bonds is 4. The molecule has 0 unspecified atom stereocenters. The first-order chi connectivity index (χ1) is 19.5. The van der Waals surface area contributed by atoms with Crippen LogP contribution in [-0.2, 0) is 9.47 Å². The molecular weight excluding hydrogens is 550 g/mol. The number of halogens is 2. The lowest BCUT2D eigenvalue weighted by molar-refractivity contribution is 0.0428. The number of carbonyl (C=O) groups excluding carboxylic acids is 2. The van der Waals surface area contributed by atoms with Gasteiger partial charge in [-0.15, -0.1) is 0 Å². The first-order valence-electron chi connectivity index (χ1n) is 13.0. The Labute approximate surface area is 241 Å². The standard InChI is InChI=1S/C30H32F2N4O6/c1-15-10-11-19(39-9)16(2)22(15)35-23-20(21(25(31)32)34-18-12-13-40-24(18)23)17(14-33)26(35)36(27(37)41-29(3,4)5)28(38)42-30(6,7)8/h10-13,25H,1-9H3. The molecule has 0 radical (unpaired) electrons. The van der Waals surface area contributed by atoms with Gasteiger partial charge in [0.05, 0.1) is 24.4 Å². The fourth-order valence-corrected chi connectivity index (χ4v) is 4.72. The van der Waals surface area contributed by atoms with Crippen LogP contribution in [0.25, 0.3) is 27.7 Å². The molecule has 1 aromatic carbocycles. The van der Waals surface area contributed by atoms with E-state index in [0.717, 1.165) is 0 Å². The Balaban J connectivity index is 2.32. The fraction of sp³-hybridized carbons (Fsp3) is 0.400. The Morgan fingerprint density at radius 3 is 2.14 bits per heavy atom. The summed E-state index contributed by atoms with van der Waals surface area (Å²) in [6.45, 7) is 13.1. The Morgan fingerprint density at radius 2 is 1.64 bits per heavy atom. The molecule has 0 spiro atoms. The molecule has 12 heteroatoms. The number of anilines is 1. The zero-order valence-corrected chi connectivity index (χ0v) is 24.9. The van der Waals surface area contributed by atoms with Gasteiger partial charge in [-0.1, -0.05) is 6.07 Å². The molecule has 4 aromatic rings. The van der Waals surface area contributed by atoms with Crippen molar-refractivity contribution in [1.82, 2.24) is 9.55 Å². The molecule has 0 fully saturated rings. The number of nitrogens with zero attached hydrogens (tertiary/aromatic N) is 4. The van der Waals surface area contributed by atoms with E-state index in [9.17, 15) is 23.6 Å². The zero-order chi connectivity index (χ0) is 31.3. The predicted octanol–water partition coefficient (Wildman–Crippen LogP) is 7.88. The molecule has 0 N–H and O–H groups in total. The number of amides is 2. The fourth-order valence-electron chi connectivity index (χ4n) is 4.72. The molecule has 42 heavy (non-hydrogen) atoms. The lowest BCUT2D eigenvalue weighted by Gasteiger charge is -2.30. The van der Waals surface area contributed by atoms with Gasteiger partial charge in [0, 0.05) is 11.6 Å². The van der Waals surface area contributed by atoms with Crippen molar-refractivity contribution in [3.63, 3.8) is 0 Å². The van der Waals surface area contributed by atoms with Crippen LogP contribution in [0.5, 0.6) is 5.75 Å². The summed E-state index contributed by atoms with van der Waals surface area (Å²) in [5.41, 5.74) is -1.65. The molecule has 0 saturated heterocycles. The van der Waals surface area contributed by atoms with Crippen LogP contribution in [-0.4, -0.2) is 40.0 Å². The first-order valence-corrected chi connectivity index (χ1v) is 13.0. The number of hydrogen-bond donors (Lipinski definition) is 0. The average Bonchev–Trinajstić information content (AvgIpc) is 3.44. The van der Waals surface area contributed by atoms with E-state index in [2.05, 4.69) is 4.98 Å². The van der Waals surface area contributed by atoms with Crippen molar-refractivity contribution in [1.29, 1.82) is 5.26 Å². The Hall–Kier alpha value is -4.66. The van der Waals surface area contributed by atoms with Gasteiger partial charge in [0.15, 0.2) is 11.4 Å². The van der Waals surface area contributed by atoms with Crippen LogP contribution in [0.4, 0.5) is 24.2 Å². The number of imide groups is 1. The Kier molecular flexibility index (Phi) is 7.67. The predicted molar refractivity (Wildman–Crippen MR) is 151 cm³/mol. The third-order valence-corrected chi connectivity index (χ3v) is 6.21. The summed E-state index contributed by atoms with van der Waals surface area (Å²) in [5.74, 6) is 0.0601. The molecule has 0 aliphatic heterocycles. The van der Waals surface area contributed by atoms with Crippen molar-refractivity contribution in [2.75, 3.05) is 12.0 Å². The normalized spacial score (nSPS) is 12.1. The van der Waals surface area contributed by atoms with E-state index in [1.807, 2.05) is 6.07 Å². The molecule has 3 heterocycles. The largest absolute Gasteiger partial charge is 0.496 e. The van der Waals surface area contributed by atoms with Crippen molar-refractivity contribution in [2.45, 2.75) is 73.0 Å². The van der Waals surface area contributed by atoms with Crippen molar-refractivity contribution in [3.05, 3.63) is 46.8 Å². The Bertz CT molecular complexity index is 1720. The van der Waals surface area contributed by atoms with E-state index in [0.29, 0.717) is 27.5 Å². The highest BCUT2D eigenvalue weighted by Gasteiger charge is 2.40. The van der Waals surface area contributed by atoms with Crippen molar-refractivity contribution in [2.24, 2.45) is 0 Å². The number of aryl methyl sites for hydroxylation is 1. The highest BCUT2D eigenvalue weighted by Crippen LogP contribution is 2.45. The summed E-state index contributed by atoms with van der Waals surface area (Å²) in [6.07, 6.45) is -4.21. The van der Waals surface area contributed by atoms with Gasteiger partial charge < -0.3 is 18.6 Å². The van der Waals surface area contributed by atoms with E-state index in [-0.39, 0.29) is 27.8 Å². The van der Waals surface area contributed by atoms with Gasteiger partial charge in [0.1, 0.15) is 45.3 Å². The number of ether oxygens (including phenoxy) is 3. The molecule has 0 saturated carbocycles. The van der Waals surface area contributed by atoms with Crippen LogP contribution >= 0.6 is 0 Å². The minimum absolute atomic E-state index is 0.00317. The summed E-state index contributed by atoms with van der Waals surface area (Å²) in [7, 11) is 1.47. The molecule has 0 atom stereocenters. The third kappa shape index (κ3) is 5.34. The van der Waals surface area contributed by atoms with Gasteiger partial charge in [-0.2, -0.15) is 10.2 Å². The van der Waals surface area contributed by atoms with E-state index in [1.54, 1.807) is 67.5 Å². The monoisotopic (exact) mass is 582 g/mol. The van der Waals surface area contributed by atoms with Crippen LogP contribution in [0.15, 0.2) is 28.9 Å². The lowest BCUT2D eigenvalue weighted by Crippen LogP contribution is -2.45. The SMILES string of the molecule is COc1ccc(C)c(-n2c(N(C(=O)OC(C)(C)C)C(=O)OC(C)(C)C)c(C#N)c3c(C(F)F)nc4ccoc4c32)c1C. The lowest BCUT2D eigenvalue weighted by atomic mass is 10.1. The van der Waals surface area contributed by atoms with Crippen LogP contribution < -0.4 is 9.64 Å². The smallest absolute Gasteiger partial charge is 0.425 e. The molecule has 222 valence electrons. The van der Waals surface area contributed by atoms with Crippen molar-refractivity contribution < 1.29 is 37.0 Å². The number of methoxy groups -OCH3 is 1. The van der Waals surface area contributed by atoms with E-state index < -0.39 is 41.1 Å². The second-order valence-corrected chi connectivity index (χ2v) is 11.7. The first kappa shape index (κ1) is 30.3. The molecule has 2 amide bonds. The maximum atomic E-state index is 14.6.